The predicted octanol–water partition coefficient (Wildman–Crippen LogP) is 4.47. The van der Waals surface area contributed by atoms with Gasteiger partial charge in [0.1, 0.15) is 10.3 Å². The van der Waals surface area contributed by atoms with E-state index in [1.165, 1.54) is 0 Å². The van der Waals surface area contributed by atoms with Crippen molar-refractivity contribution < 1.29 is 0 Å². The fourth-order valence-electron chi connectivity index (χ4n) is 1.75. The van der Waals surface area contributed by atoms with Crippen LogP contribution in [0.15, 0.2) is 41.0 Å². The monoisotopic (exact) mass is 341 g/mol. The molecule has 0 aliphatic carbocycles. The lowest BCUT2D eigenvalue weighted by molar-refractivity contribution is 0.942. The average molecular weight is 343 g/mol. The third kappa shape index (κ3) is 1.81. The maximum Gasteiger partial charge on any atom is 0.172 e. The van der Waals surface area contributed by atoms with Crippen LogP contribution in [0.1, 0.15) is 0 Å². The van der Waals surface area contributed by atoms with E-state index in [4.69, 9.17) is 23.2 Å². The quantitative estimate of drug-likeness (QED) is 0.611. The molecule has 0 fully saturated rings. The second-order valence-corrected chi connectivity index (χ2v) is 5.23. The van der Waals surface area contributed by atoms with E-state index >= 15 is 0 Å². The summed E-state index contributed by atoms with van der Waals surface area (Å²) < 4.78 is 2.31. The molecule has 0 atom stereocenters. The molecule has 2 heterocycles. The van der Waals surface area contributed by atoms with Gasteiger partial charge in [0.25, 0.3) is 0 Å². The van der Waals surface area contributed by atoms with Gasteiger partial charge in [-0.15, -0.1) is 0 Å². The standard InChI is InChI=1S/C12H6BrCl2N3/c13-8-6-16-18-11(15)9(10(14)17-12(8)18)7-4-2-1-3-5-7/h1-6H. The molecular formula is C12H6BrCl2N3. The zero-order valence-electron chi connectivity index (χ0n) is 8.94. The Morgan fingerprint density at radius 1 is 1.11 bits per heavy atom. The Morgan fingerprint density at radius 3 is 2.56 bits per heavy atom. The van der Waals surface area contributed by atoms with Crippen LogP contribution in [0.3, 0.4) is 0 Å². The van der Waals surface area contributed by atoms with E-state index in [1.54, 1.807) is 10.7 Å². The van der Waals surface area contributed by atoms with E-state index in [2.05, 4.69) is 26.0 Å². The third-order valence-electron chi connectivity index (χ3n) is 2.57. The lowest BCUT2D eigenvalue weighted by Gasteiger charge is -2.08. The zero-order chi connectivity index (χ0) is 12.7. The molecule has 3 rings (SSSR count). The summed E-state index contributed by atoms with van der Waals surface area (Å²) in [6.07, 6.45) is 1.64. The number of aromatic nitrogens is 3. The lowest BCUT2D eigenvalue weighted by Crippen LogP contribution is -1.97. The number of nitrogens with zero attached hydrogens (tertiary/aromatic N) is 3. The van der Waals surface area contributed by atoms with Gasteiger partial charge in [-0.25, -0.2) is 9.50 Å². The van der Waals surface area contributed by atoms with E-state index in [1.807, 2.05) is 30.3 Å². The van der Waals surface area contributed by atoms with Crippen LogP contribution < -0.4 is 0 Å². The minimum Gasteiger partial charge on any atom is -0.215 e. The Kier molecular flexibility index (Phi) is 3.01. The predicted molar refractivity (Wildman–Crippen MR) is 76.1 cm³/mol. The van der Waals surface area contributed by atoms with Crippen LogP contribution in [0.2, 0.25) is 10.3 Å². The minimum atomic E-state index is 0.361. The van der Waals surface area contributed by atoms with Gasteiger partial charge in [0.2, 0.25) is 0 Å². The molecular weight excluding hydrogens is 337 g/mol. The molecule has 2 aromatic heterocycles. The Labute approximate surface area is 121 Å². The van der Waals surface area contributed by atoms with Crippen LogP contribution in [-0.4, -0.2) is 14.6 Å². The molecule has 18 heavy (non-hydrogen) atoms. The molecule has 0 aliphatic heterocycles. The molecule has 0 saturated heterocycles. The van der Waals surface area contributed by atoms with Crippen LogP contribution in [0.25, 0.3) is 16.8 Å². The Bertz CT molecular complexity index is 725. The van der Waals surface area contributed by atoms with Gasteiger partial charge in [0.15, 0.2) is 5.65 Å². The summed E-state index contributed by atoms with van der Waals surface area (Å²) in [6, 6.07) is 9.64. The van der Waals surface area contributed by atoms with Crippen LogP contribution >= 0.6 is 39.1 Å². The summed E-state index contributed by atoms with van der Waals surface area (Å²) in [4.78, 5) is 4.31. The summed E-state index contributed by atoms with van der Waals surface area (Å²) in [6.45, 7) is 0. The van der Waals surface area contributed by atoms with Crippen molar-refractivity contribution in [3.63, 3.8) is 0 Å². The van der Waals surface area contributed by atoms with Crippen molar-refractivity contribution in [2.75, 3.05) is 0 Å². The Balaban J connectivity index is 2.37. The van der Waals surface area contributed by atoms with Crippen LogP contribution in [0, 0.1) is 0 Å². The highest BCUT2D eigenvalue weighted by Gasteiger charge is 2.16. The van der Waals surface area contributed by atoms with Gasteiger partial charge in [-0.05, 0) is 21.5 Å². The van der Waals surface area contributed by atoms with Gasteiger partial charge < -0.3 is 0 Å². The summed E-state index contributed by atoms with van der Waals surface area (Å²) in [7, 11) is 0. The lowest BCUT2D eigenvalue weighted by atomic mass is 10.1. The Hall–Kier alpha value is -1.10. The van der Waals surface area contributed by atoms with E-state index in [0.717, 1.165) is 10.0 Å². The first-order chi connectivity index (χ1) is 8.68. The first kappa shape index (κ1) is 12.0. The van der Waals surface area contributed by atoms with Crippen LogP contribution in [-0.2, 0) is 0 Å². The molecule has 0 N–H and O–H groups in total. The molecule has 0 spiro atoms. The molecule has 3 nitrogen and oxygen atoms in total. The molecule has 90 valence electrons. The van der Waals surface area contributed by atoms with Gasteiger partial charge in [0.05, 0.1) is 16.2 Å². The van der Waals surface area contributed by atoms with Gasteiger partial charge in [-0.2, -0.15) is 5.10 Å². The second-order valence-electron chi connectivity index (χ2n) is 3.66. The summed E-state index contributed by atoms with van der Waals surface area (Å²) in [5.41, 5.74) is 2.19. The van der Waals surface area contributed by atoms with Gasteiger partial charge in [0, 0.05) is 0 Å². The van der Waals surface area contributed by atoms with E-state index < -0.39 is 0 Å². The number of fused-ring (bicyclic) bond motifs is 1. The molecule has 0 saturated carbocycles. The van der Waals surface area contributed by atoms with Crippen LogP contribution in [0.5, 0.6) is 0 Å². The first-order valence-corrected chi connectivity index (χ1v) is 6.67. The van der Waals surface area contributed by atoms with E-state index in [0.29, 0.717) is 21.5 Å². The molecule has 3 aromatic rings. The summed E-state index contributed by atoms with van der Waals surface area (Å²) >= 11 is 15.9. The fourth-order valence-corrected chi connectivity index (χ4v) is 2.75. The smallest absolute Gasteiger partial charge is 0.172 e. The van der Waals surface area contributed by atoms with Crippen molar-refractivity contribution in [2.24, 2.45) is 0 Å². The highest BCUT2D eigenvalue weighted by atomic mass is 79.9. The number of halogens is 3. The molecule has 0 aliphatic rings. The highest BCUT2D eigenvalue weighted by molar-refractivity contribution is 9.10. The van der Waals surface area contributed by atoms with Crippen molar-refractivity contribution in [2.45, 2.75) is 0 Å². The second kappa shape index (κ2) is 4.53. The number of benzene rings is 1. The van der Waals surface area contributed by atoms with E-state index in [-0.39, 0.29) is 0 Å². The molecule has 0 unspecified atom stereocenters. The SMILES string of the molecule is Clc1nc2c(Br)cnn2c(Cl)c1-c1ccccc1. The summed E-state index contributed by atoms with van der Waals surface area (Å²) in [5, 5.41) is 4.97. The normalized spacial score (nSPS) is 11.1. The van der Waals surface area contributed by atoms with E-state index in [9.17, 15) is 0 Å². The molecule has 0 bridgehead atoms. The van der Waals surface area contributed by atoms with Crippen molar-refractivity contribution in [1.82, 2.24) is 14.6 Å². The average Bonchev–Trinajstić information content (AvgIpc) is 2.73. The number of hydrogen-bond acceptors (Lipinski definition) is 2. The number of rotatable bonds is 1. The largest absolute Gasteiger partial charge is 0.215 e. The van der Waals surface area contributed by atoms with Gasteiger partial charge in [-0.3, -0.25) is 0 Å². The van der Waals surface area contributed by atoms with Gasteiger partial charge in [-0.1, -0.05) is 53.5 Å². The first-order valence-electron chi connectivity index (χ1n) is 5.12. The summed E-state index contributed by atoms with van der Waals surface area (Å²) in [5.74, 6) is 0. The van der Waals surface area contributed by atoms with Gasteiger partial charge >= 0.3 is 0 Å². The molecule has 1 aromatic carbocycles. The molecule has 0 amide bonds. The van der Waals surface area contributed by atoms with Crippen molar-refractivity contribution in [3.8, 4) is 11.1 Å². The van der Waals surface area contributed by atoms with Crippen LogP contribution in [0.4, 0.5) is 0 Å². The maximum absolute atomic E-state index is 6.35. The fraction of sp³-hybridized carbons (Fsp3) is 0. The van der Waals surface area contributed by atoms with Crippen molar-refractivity contribution in [1.29, 1.82) is 0 Å². The number of hydrogen-bond donors (Lipinski definition) is 0. The maximum atomic E-state index is 6.35. The zero-order valence-corrected chi connectivity index (χ0v) is 12.0. The van der Waals surface area contributed by atoms with Crippen molar-refractivity contribution >= 4 is 44.8 Å². The molecule has 6 heteroatoms. The Morgan fingerprint density at radius 2 is 1.83 bits per heavy atom. The minimum absolute atomic E-state index is 0.361. The topological polar surface area (TPSA) is 30.2 Å². The highest BCUT2D eigenvalue weighted by Crippen LogP contribution is 2.34. The third-order valence-corrected chi connectivity index (χ3v) is 3.75. The van der Waals surface area contributed by atoms with Crippen molar-refractivity contribution in [3.05, 3.63) is 51.3 Å². The molecule has 0 radical (unpaired) electrons.